The van der Waals surface area contributed by atoms with Crippen molar-refractivity contribution in [2.75, 3.05) is 0 Å². The summed E-state index contributed by atoms with van der Waals surface area (Å²) in [5, 5.41) is 0. The van der Waals surface area contributed by atoms with Crippen molar-refractivity contribution in [3.63, 3.8) is 0 Å². The Balaban J connectivity index is 3.38. The van der Waals surface area contributed by atoms with Crippen LogP contribution in [0, 0.1) is 0 Å². The lowest BCUT2D eigenvalue weighted by atomic mass is 10.5. The molecule has 0 aliphatic carbocycles. The Morgan fingerprint density at radius 2 is 2.23 bits per heavy atom. The van der Waals surface area contributed by atoms with Gasteiger partial charge in [-0.25, -0.2) is 4.79 Å². The number of hydrogen-bond acceptors (Lipinski definition) is 2. The van der Waals surface area contributed by atoms with Gasteiger partial charge in [-0.3, -0.25) is 9.36 Å². The fraction of sp³-hybridized carbons (Fsp3) is 0.333. The van der Waals surface area contributed by atoms with Crippen LogP contribution >= 0.6 is 0 Å². The van der Waals surface area contributed by atoms with E-state index in [-0.39, 0.29) is 17.8 Å². The number of nitrogens with zero attached hydrogens (tertiary/aromatic N) is 2. The van der Waals surface area contributed by atoms with Gasteiger partial charge in [-0.2, -0.15) is 0 Å². The van der Waals surface area contributed by atoms with Crippen molar-refractivity contribution in [1.29, 1.82) is 0 Å². The highest BCUT2D eigenvalue weighted by molar-refractivity contribution is 4.88. The highest BCUT2D eigenvalue weighted by Gasteiger charge is 2.00. The average Bonchev–Trinajstić information content (AvgIpc) is 2.12. The third kappa shape index (κ3) is 1.77. The minimum Gasteiger partial charge on any atom is -0.301 e. The summed E-state index contributed by atoms with van der Waals surface area (Å²) in [6.45, 7) is 6.17. The van der Waals surface area contributed by atoms with E-state index < -0.39 is 0 Å². The molecular weight excluding hydrogens is 168 g/mol. The van der Waals surface area contributed by atoms with Crippen molar-refractivity contribution in [2.45, 2.75) is 20.0 Å². The molecule has 70 valence electrons. The van der Waals surface area contributed by atoms with E-state index in [2.05, 4.69) is 6.58 Å². The first kappa shape index (κ1) is 9.51. The standard InChI is InChI=1S/C9H12N2O2/c1-3-6-11-8(12)5-7-10(4-2)9(11)13/h3,5,7H,1,4,6H2,2H3. The van der Waals surface area contributed by atoms with Gasteiger partial charge in [0.2, 0.25) is 0 Å². The molecule has 0 radical (unpaired) electrons. The van der Waals surface area contributed by atoms with Gasteiger partial charge in [0.25, 0.3) is 5.56 Å². The summed E-state index contributed by atoms with van der Waals surface area (Å²) in [5.41, 5.74) is -0.565. The molecule has 4 heteroatoms. The first-order valence-corrected chi connectivity index (χ1v) is 4.12. The minimum atomic E-state index is -0.283. The van der Waals surface area contributed by atoms with Gasteiger partial charge < -0.3 is 4.57 Å². The Labute approximate surface area is 75.7 Å². The molecule has 0 bridgehead atoms. The third-order valence-corrected chi connectivity index (χ3v) is 1.79. The molecule has 1 aromatic rings. The second-order valence-corrected chi connectivity index (χ2v) is 2.62. The molecule has 1 rings (SSSR count). The zero-order valence-electron chi connectivity index (χ0n) is 7.56. The molecule has 0 atom stereocenters. The molecule has 0 aliphatic rings. The van der Waals surface area contributed by atoms with E-state index in [1.165, 1.54) is 22.9 Å². The maximum atomic E-state index is 11.5. The fourth-order valence-corrected chi connectivity index (χ4v) is 1.09. The first-order chi connectivity index (χ1) is 6.20. The van der Waals surface area contributed by atoms with E-state index in [4.69, 9.17) is 0 Å². The molecule has 0 aliphatic heterocycles. The molecule has 1 heterocycles. The van der Waals surface area contributed by atoms with Gasteiger partial charge in [-0.1, -0.05) is 6.08 Å². The highest BCUT2D eigenvalue weighted by Crippen LogP contribution is 1.78. The monoisotopic (exact) mass is 180 g/mol. The lowest BCUT2D eigenvalue weighted by molar-refractivity contribution is 0.606. The van der Waals surface area contributed by atoms with Crippen molar-refractivity contribution in [3.05, 3.63) is 45.8 Å². The summed E-state index contributed by atoms with van der Waals surface area (Å²) >= 11 is 0. The Morgan fingerprint density at radius 3 is 2.77 bits per heavy atom. The number of aromatic nitrogens is 2. The molecule has 1 aromatic heterocycles. The molecule has 0 aromatic carbocycles. The van der Waals surface area contributed by atoms with Crippen molar-refractivity contribution >= 4 is 0 Å². The van der Waals surface area contributed by atoms with Crippen molar-refractivity contribution < 1.29 is 0 Å². The number of hydrogen-bond donors (Lipinski definition) is 0. The summed E-state index contributed by atoms with van der Waals surface area (Å²) in [7, 11) is 0. The van der Waals surface area contributed by atoms with Crippen LogP contribution in [-0.4, -0.2) is 9.13 Å². The van der Waals surface area contributed by atoms with Gasteiger partial charge >= 0.3 is 5.69 Å². The molecule has 0 saturated heterocycles. The molecule has 0 saturated carbocycles. The van der Waals surface area contributed by atoms with E-state index in [0.717, 1.165) is 4.57 Å². The summed E-state index contributed by atoms with van der Waals surface area (Å²) in [4.78, 5) is 22.7. The number of aryl methyl sites for hydroxylation is 1. The van der Waals surface area contributed by atoms with Gasteiger partial charge in [0.15, 0.2) is 0 Å². The zero-order valence-corrected chi connectivity index (χ0v) is 7.56. The summed E-state index contributed by atoms with van der Waals surface area (Å²) in [6, 6.07) is 1.38. The van der Waals surface area contributed by atoms with Crippen LogP contribution in [-0.2, 0) is 13.1 Å². The lowest BCUT2D eigenvalue weighted by Crippen LogP contribution is -2.38. The summed E-state index contributed by atoms with van der Waals surface area (Å²) < 4.78 is 2.63. The fourth-order valence-electron chi connectivity index (χ4n) is 1.09. The average molecular weight is 180 g/mol. The van der Waals surface area contributed by atoms with Crippen LogP contribution in [0.4, 0.5) is 0 Å². The SMILES string of the molecule is C=CCn1c(=O)ccn(CC)c1=O. The van der Waals surface area contributed by atoms with Crippen molar-refractivity contribution in [3.8, 4) is 0 Å². The predicted octanol–water partition coefficient (Wildman–Crippen LogP) is 0.216. The van der Waals surface area contributed by atoms with Gasteiger partial charge in [0.1, 0.15) is 0 Å². The van der Waals surface area contributed by atoms with Crippen LogP contribution in [0.5, 0.6) is 0 Å². The molecule has 0 N–H and O–H groups in total. The van der Waals surface area contributed by atoms with E-state index in [1.807, 2.05) is 6.92 Å². The van der Waals surface area contributed by atoms with Gasteiger partial charge in [0, 0.05) is 25.4 Å². The van der Waals surface area contributed by atoms with E-state index >= 15 is 0 Å². The largest absolute Gasteiger partial charge is 0.331 e. The second kappa shape index (κ2) is 3.89. The topological polar surface area (TPSA) is 44.0 Å². The number of allylic oxidation sites excluding steroid dienone is 1. The van der Waals surface area contributed by atoms with Crippen LogP contribution in [0.25, 0.3) is 0 Å². The second-order valence-electron chi connectivity index (χ2n) is 2.62. The third-order valence-electron chi connectivity index (χ3n) is 1.79. The Kier molecular flexibility index (Phi) is 2.84. The summed E-state index contributed by atoms with van der Waals surface area (Å²) in [6.07, 6.45) is 3.03. The first-order valence-electron chi connectivity index (χ1n) is 4.12. The van der Waals surface area contributed by atoms with E-state index in [9.17, 15) is 9.59 Å². The Hall–Kier alpha value is -1.58. The van der Waals surface area contributed by atoms with Gasteiger partial charge in [-0.15, -0.1) is 6.58 Å². The van der Waals surface area contributed by atoms with Crippen LogP contribution < -0.4 is 11.2 Å². The molecular formula is C9H12N2O2. The highest BCUT2D eigenvalue weighted by atomic mass is 16.2. The maximum absolute atomic E-state index is 11.5. The van der Waals surface area contributed by atoms with Crippen molar-refractivity contribution in [2.24, 2.45) is 0 Å². The summed E-state index contributed by atoms with van der Waals surface area (Å²) in [5.74, 6) is 0. The lowest BCUT2D eigenvalue weighted by Gasteiger charge is -2.04. The van der Waals surface area contributed by atoms with E-state index in [1.54, 1.807) is 0 Å². The smallest absolute Gasteiger partial charge is 0.301 e. The Bertz CT molecular complexity index is 414. The minimum absolute atomic E-state index is 0.262. The van der Waals surface area contributed by atoms with Crippen LogP contribution in [0.15, 0.2) is 34.5 Å². The molecule has 0 spiro atoms. The maximum Gasteiger partial charge on any atom is 0.331 e. The number of rotatable bonds is 3. The Morgan fingerprint density at radius 1 is 1.54 bits per heavy atom. The van der Waals surface area contributed by atoms with Crippen molar-refractivity contribution in [1.82, 2.24) is 9.13 Å². The molecule has 0 fully saturated rings. The molecule has 4 nitrogen and oxygen atoms in total. The molecule has 0 unspecified atom stereocenters. The molecule has 0 amide bonds. The van der Waals surface area contributed by atoms with Crippen LogP contribution in [0.2, 0.25) is 0 Å². The normalized spacial score (nSPS) is 9.92. The quantitative estimate of drug-likeness (QED) is 0.624. The van der Waals surface area contributed by atoms with Crippen LogP contribution in [0.1, 0.15) is 6.92 Å². The zero-order chi connectivity index (χ0) is 9.84. The van der Waals surface area contributed by atoms with Gasteiger partial charge in [-0.05, 0) is 6.92 Å². The van der Waals surface area contributed by atoms with Gasteiger partial charge in [0.05, 0.1) is 0 Å². The van der Waals surface area contributed by atoms with Crippen LogP contribution in [0.3, 0.4) is 0 Å². The van der Waals surface area contributed by atoms with E-state index in [0.29, 0.717) is 6.54 Å². The molecule has 13 heavy (non-hydrogen) atoms. The predicted molar refractivity (Wildman–Crippen MR) is 50.8 cm³/mol.